The summed E-state index contributed by atoms with van der Waals surface area (Å²) in [6.07, 6.45) is 1.36. The van der Waals surface area contributed by atoms with Crippen molar-refractivity contribution in [2.75, 3.05) is 20.3 Å². The molecule has 0 saturated heterocycles. The van der Waals surface area contributed by atoms with Gasteiger partial charge in [-0.25, -0.2) is 5.43 Å². The number of carbonyl (C=O) groups is 3. The van der Waals surface area contributed by atoms with Crippen LogP contribution in [-0.4, -0.2) is 44.2 Å². The highest BCUT2D eigenvalue weighted by atomic mass is 16.5. The van der Waals surface area contributed by atoms with Crippen LogP contribution < -0.4 is 25.5 Å². The third kappa shape index (κ3) is 7.27. The minimum Gasteiger partial charge on any atom is -0.490 e. The number of likely N-dealkylation sites (N-methyl/N-ethyl adjacent to an activating group) is 1. The largest absolute Gasteiger partial charge is 0.490 e. The quantitative estimate of drug-likeness (QED) is 0.322. The molecule has 2 aromatic carbocycles. The molecule has 0 fully saturated rings. The zero-order chi connectivity index (χ0) is 21.8. The molecule has 0 aromatic heterocycles. The number of hydrogen-bond donors (Lipinski definition) is 3. The van der Waals surface area contributed by atoms with Gasteiger partial charge in [0.25, 0.3) is 5.91 Å². The van der Waals surface area contributed by atoms with Crippen molar-refractivity contribution in [2.45, 2.75) is 13.5 Å². The molecule has 2 rings (SSSR count). The van der Waals surface area contributed by atoms with Gasteiger partial charge in [-0.15, -0.1) is 0 Å². The normalized spacial score (nSPS) is 10.3. The summed E-state index contributed by atoms with van der Waals surface area (Å²) in [4.78, 5) is 34.5. The van der Waals surface area contributed by atoms with Crippen LogP contribution in [0.2, 0.25) is 0 Å². The van der Waals surface area contributed by atoms with E-state index in [9.17, 15) is 14.4 Å². The molecular formula is C21H24N4O5. The van der Waals surface area contributed by atoms with Crippen LogP contribution in [0, 0.1) is 0 Å². The fraction of sp³-hybridized carbons (Fsp3) is 0.238. The second kappa shape index (κ2) is 11.8. The van der Waals surface area contributed by atoms with E-state index in [1.165, 1.54) is 13.3 Å². The van der Waals surface area contributed by atoms with E-state index >= 15 is 0 Å². The summed E-state index contributed by atoms with van der Waals surface area (Å²) in [7, 11) is 1.35. The van der Waals surface area contributed by atoms with Gasteiger partial charge in [0.15, 0.2) is 18.1 Å². The Morgan fingerprint density at radius 1 is 1.00 bits per heavy atom. The molecule has 0 spiro atoms. The molecule has 2 aromatic rings. The first-order chi connectivity index (χ1) is 14.5. The van der Waals surface area contributed by atoms with Crippen molar-refractivity contribution in [3.63, 3.8) is 0 Å². The number of nitrogens with zero attached hydrogens (tertiary/aromatic N) is 1. The number of amides is 3. The van der Waals surface area contributed by atoms with Gasteiger partial charge >= 0.3 is 11.8 Å². The Morgan fingerprint density at radius 2 is 1.77 bits per heavy atom. The van der Waals surface area contributed by atoms with E-state index in [-0.39, 0.29) is 12.5 Å². The van der Waals surface area contributed by atoms with Gasteiger partial charge in [-0.2, -0.15) is 5.10 Å². The van der Waals surface area contributed by atoms with Gasteiger partial charge in [0, 0.05) is 13.6 Å². The molecular weight excluding hydrogens is 388 g/mol. The SMILES string of the molecule is CCOc1cc(/C=N\NC(=O)C(=O)NC)ccc1OCC(=O)NCc1ccccc1. The predicted octanol–water partition coefficient (Wildman–Crippen LogP) is 0.977. The number of rotatable bonds is 9. The summed E-state index contributed by atoms with van der Waals surface area (Å²) in [5.74, 6) is -1.10. The molecule has 0 radical (unpaired) electrons. The van der Waals surface area contributed by atoms with Crippen molar-refractivity contribution < 1.29 is 23.9 Å². The molecule has 3 amide bonds. The summed E-state index contributed by atoms with van der Waals surface area (Å²) in [6.45, 7) is 2.46. The first kappa shape index (κ1) is 22.4. The lowest BCUT2D eigenvalue weighted by molar-refractivity contribution is -0.138. The lowest BCUT2D eigenvalue weighted by atomic mass is 10.2. The fourth-order valence-electron chi connectivity index (χ4n) is 2.31. The van der Waals surface area contributed by atoms with Gasteiger partial charge in [0.2, 0.25) is 0 Å². The first-order valence-corrected chi connectivity index (χ1v) is 9.28. The van der Waals surface area contributed by atoms with E-state index in [2.05, 4.69) is 21.2 Å². The van der Waals surface area contributed by atoms with Gasteiger partial charge in [0.05, 0.1) is 12.8 Å². The summed E-state index contributed by atoms with van der Waals surface area (Å²) in [6, 6.07) is 14.5. The second-order valence-electron chi connectivity index (χ2n) is 5.97. The molecule has 158 valence electrons. The van der Waals surface area contributed by atoms with Crippen molar-refractivity contribution in [1.29, 1.82) is 0 Å². The van der Waals surface area contributed by atoms with Crippen molar-refractivity contribution >= 4 is 23.9 Å². The summed E-state index contributed by atoms with van der Waals surface area (Å²) in [5, 5.41) is 8.70. The van der Waals surface area contributed by atoms with Crippen LogP contribution in [0.25, 0.3) is 0 Å². The number of hydrogen-bond acceptors (Lipinski definition) is 6. The van der Waals surface area contributed by atoms with Crippen LogP contribution in [0.5, 0.6) is 11.5 Å². The molecule has 0 heterocycles. The van der Waals surface area contributed by atoms with Crippen LogP contribution in [0.15, 0.2) is 53.6 Å². The number of ether oxygens (including phenoxy) is 2. The van der Waals surface area contributed by atoms with E-state index in [0.29, 0.717) is 30.2 Å². The van der Waals surface area contributed by atoms with Crippen LogP contribution in [0.3, 0.4) is 0 Å². The lowest BCUT2D eigenvalue weighted by Crippen LogP contribution is -2.35. The molecule has 9 nitrogen and oxygen atoms in total. The standard InChI is InChI=1S/C21H24N4O5/c1-3-29-18-11-16(13-24-25-21(28)20(27)22-2)9-10-17(18)30-14-19(26)23-12-15-7-5-4-6-8-15/h4-11,13H,3,12,14H2,1-2H3,(H,22,27)(H,23,26)(H,25,28)/b24-13-. The van der Waals surface area contributed by atoms with E-state index < -0.39 is 11.8 Å². The van der Waals surface area contributed by atoms with Gasteiger partial charge in [-0.05, 0) is 36.2 Å². The minimum atomic E-state index is -0.875. The number of benzene rings is 2. The Kier molecular flexibility index (Phi) is 8.85. The highest BCUT2D eigenvalue weighted by molar-refractivity contribution is 6.34. The van der Waals surface area contributed by atoms with Gasteiger partial charge in [0.1, 0.15) is 0 Å². The zero-order valence-electron chi connectivity index (χ0n) is 16.8. The average Bonchev–Trinajstić information content (AvgIpc) is 2.77. The number of hydrazone groups is 1. The lowest BCUT2D eigenvalue weighted by Gasteiger charge is -2.12. The molecule has 0 bridgehead atoms. The average molecular weight is 412 g/mol. The highest BCUT2D eigenvalue weighted by Crippen LogP contribution is 2.28. The van der Waals surface area contributed by atoms with Gasteiger partial charge < -0.3 is 20.1 Å². The molecule has 30 heavy (non-hydrogen) atoms. The monoisotopic (exact) mass is 412 g/mol. The molecule has 0 atom stereocenters. The summed E-state index contributed by atoms with van der Waals surface area (Å²) in [5.41, 5.74) is 3.71. The van der Waals surface area contributed by atoms with Crippen LogP contribution in [0.1, 0.15) is 18.1 Å². The van der Waals surface area contributed by atoms with E-state index in [4.69, 9.17) is 9.47 Å². The smallest absolute Gasteiger partial charge is 0.329 e. The van der Waals surface area contributed by atoms with Gasteiger partial charge in [-0.3, -0.25) is 14.4 Å². The Hall–Kier alpha value is -3.88. The Balaban J connectivity index is 1.93. The van der Waals surface area contributed by atoms with Crippen molar-refractivity contribution in [1.82, 2.24) is 16.1 Å². The third-order valence-electron chi connectivity index (χ3n) is 3.77. The molecule has 0 unspecified atom stereocenters. The van der Waals surface area contributed by atoms with Crippen molar-refractivity contribution in [3.8, 4) is 11.5 Å². The third-order valence-corrected chi connectivity index (χ3v) is 3.77. The summed E-state index contributed by atoms with van der Waals surface area (Å²) < 4.78 is 11.1. The zero-order valence-corrected chi connectivity index (χ0v) is 16.8. The second-order valence-corrected chi connectivity index (χ2v) is 5.97. The number of carbonyl (C=O) groups excluding carboxylic acids is 3. The fourth-order valence-corrected chi connectivity index (χ4v) is 2.31. The highest BCUT2D eigenvalue weighted by Gasteiger charge is 2.10. The molecule has 0 saturated carbocycles. The topological polar surface area (TPSA) is 118 Å². The van der Waals surface area contributed by atoms with E-state index in [1.807, 2.05) is 37.3 Å². The maximum atomic E-state index is 12.0. The Morgan fingerprint density at radius 3 is 2.47 bits per heavy atom. The Labute approximate surface area is 174 Å². The molecule has 0 aliphatic carbocycles. The van der Waals surface area contributed by atoms with Crippen LogP contribution in [0.4, 0.5) is 0 Å². The Bertz CT molecular complexity index is 900. The van der Waals surface area contributed by atoms with Crippen molar-refractivity contribution in [2.24, 2.45) is 5.10 Å². The molecule has 3 N–H and O–H groups in total. The van der Waals surface area contributed by atoms with Gasteiger partial charge in [-0.1, -0.05) is 30.3 Å². The minimum absolute atomic E-state index is 0.164. The molecule has 0 aliphatic rings. The summed E-state index contributed by atoms with van der Waals surface area (Å²) >= 11 is 0. The molecule has 9 heteroatoms. The number of nitrogens with one attached hydrogen (secondary N) is 3. The van der Waals surface area contributed by atoms with Crippen LogP contribution in [-0.2, 0) is 20.9 Å². The first-order valence-electron chi connectivity index (χ1n) is 9.28. The maximum Gasteiger partial charge on any atom is 0.329 e. The van der Waals surface area contributed by atoms with Crippen molar-refractivity contribution in [3.05, 3.63) is 59.7 Å². The van der Waals surface area contributed by atoms with E-state index in [1.54, 1.807) is 18.2 Å². The maximum absolute atomic E-state index is 12.0. The molecule has 0 aliphatic heterocycles. The van der Waals surface area contributed by atoms with E-state index in [0.717, 1.165) is 5.56 Å². The predicted molar refractivity (Wildman–Crippen MR) is 111 cm³/mol. The van der Waals surface area contributed by atoms with Crippen LogP contribution >= 0.6 is 0 Å².